The molecule has 8 heteroatoms. The lowest BCUT2D eigenvalue weighted by Gasteiger charge is -2.19. The SMILES string of the molecule is CCC(C)CC(NC(=O)c1ccc2c(c1)nc(Cc1ccc(Cl)s1)n2C(CC)CC)C(=O)O. The molecule has 178 valence electrons. The highest BCUT2D eigenvalue weighted by atomic mass is 35.5. The smallest absolute Gasteiger partial charge is 0.326 e. The van der Waals surface area contributed by atoms with Crippen molar-refractivity contribution in [2.75, 3.05) is 0 Å². The minimum atomic E-state index is -1.01. The van der Waals surface area contributed by atoms with Crippen LogP contribution in [-0.4, -0.2) is 32.6 Å². The molecule has 6 nitrogen and oxygen atoms in total. The molecule has 2 unspecified atom stereocenters. The zero-order valence-corrected chi connectivity index (χ0v) is 21.2. The predicted molar refractivity (Wildman–Crippen MR) is 134 cm³/mol. The van der Waals surface area contributed by atoms with Gasteiger partial charge in [0.15, 0.2) is 0 Å². The summed E-state index contributed by atoms with van der Waals surface area (Å²) in [6.45, 7) is 8.33. The Morgan fingerprint density at radius 2 is 1.88 bits per heavy atom. The monoisotopic (exact) mass is 489 g/mol. The fraction of sp³-hybridized carbons (Fsp3) is 0.480. The molecule has 0 saturated carbocycles. The number of aromatic nitrogens is 2. The largest absolute Gasteiger partial charge is 0.480 e. The average Bonchev–Trinajstić information content (AvgIpc) is 3.36. The molecular formula is C25H32ClN3O3S. The Morgan fingerprint density at radius 3 is 2.45 bits per heavy atom. The van der Waals surface area contributed by atoms with E-state index in [1.54, 1.807) is 23.5 Å². The number of nitrogens with zero attached hydrogens (tertiary/aromatic N) is 2. The quantitative estimate of drug-likeness (QED) is 0.330. The van der Waals surface area contributed by atoms with Gasteiger partial charge < -0.3 is 15.0 Å². The van der Waals surface area contributed by atoms with E-state index >= 15 is 0 Å². The van der Waals surface area contributed by atoms with Crippen molar-refractivity contribution >= 4 is 45.8 Å². The Balaban J connectivity index is 1.94. The molecule has 0 aliphatic heterocycles. The molecule has 3 aromatic rings. The first-order valence-electron chi connectivity index (χ1n) is 11.6. The van der Waals surface area contributed by atoms with Crippen LogP contribution in [0.3, 0.4) is 0 Å². The fourth-order valence-electron chi connectivity index (χ4n) is 4.11. The Bertz CT molecular complexity index is 1120. The second-order valence-electron chi connectivity index (χ2n) is 8.57. The van der Waals surface area contributed by atoms with Crippen LogP contribution < -0.4 is 5.32 Å². The molecule has 2 N–H and O–H groups in total. The van der Waals surface area contributed by atoms with E-state index in [1.165, 1.54) is 0 Å². The third-order valence-electron chi connectivity index (χ3n) is 6.23. The van der Waals surface area contributed by atoms with Crippen LogP contribution in [-0.2, 0) is 11.2 Å². The summed E-state index contributed by atoms with van der Waals surface area (Å²) in [7, 11) is 0. The van der Waals surface area contributed by atoms with Crippen LogP contribution in [0.2, 0.25) is 4.34 Å². The highest BCUT2D eigenvalue weighted by molar-refractivity contribution is 7.16. The molecule has 2 aromatic heterocycles. The minimum Gasteiger partial charge on any atom is -0.480 e. The second kappa shape index (κ2) is 11.2. The van der Waals surface area contributed by atoms with E-state index in [1.807, 2.05) is 32.0 Å². The second-order valence-corrected chi connectivity index (χ2v) is 10.4. The Kier molecular flexibility index (Phi) is 8.54. The lowest BCUT2D eigenvalue weighted by molar-refractivity contribution is -0.139. The number of benzene rings is 1. The number of aliphatic carboxylic acids is 1. The molecule has 2 atom stereocenters. The highest BCUT2D eigenvalue weighted by Crippen LogP contribution is 2.30. The predicted octanol–water partition coefficient (Wildman–Crippen LogP) is 6.32. The summed E-state index contributed by atoms with van der Waals surface area (Å²) in [4.78, 5) is 30.6. The molecule has 0 spiro atoms. The lowest BCUT2D eigenvalue weighted by atomic mass is 9.99. The Morgan fingerprint density at radius 1 is 1.15 bits per heavy atom. The van der Waals surface area contributed by atoms with E-state index in [2.05, 4.69) is 23.7 Å². The lowest BCUT2D eigenvalue weighted by Crippen LogP contribution is -2.41. The van der Waals surface area contributed by atoms with Crippen molar-refractivity contribution in [2.24, 2.45) is 5.92 Å². The molecule has 0 aliphatic rings. The van der Waals surface area contributed by atoms with Crippen molar-refractivity contribution < 1.29 is 14.7 Å². The molecular weight excluding hydrogens is 458 g/mol. The number of nitrogens with one attached hydrogen (secondary N) is 1. The zero-order valence-electron chi connectivity index (χ0n) is 19.6. The number of amides is 1. The third kappa shape index (κ3) is 5.95. The van der Waals surface area contributed by atoms with Gasteiger partial charge in [0.25, 0.3) is 5.91 Å². The van der Waals surface area contributed by atoms with Crippen LogP contribution in [0.15, 0.2) is 30.3 Å². The van der Waals surface area contributed by atoms with Crippen molar-refractivity contribution in [1.82, 2.24) is 14.9 Å². The van der Waals surface area contributed by atoms with Crippen molar-refractivity contribution in [3.8, 4) is 0 Å². The number of carboxylic acid groups (broad SMARTS) is 1. The number of carbonyl (C=O) groups excluding carboxylic acids is 1. The first-order valence-corrected chi connectivity index (χ1v) is 12.7. The number of halogens is 1. The summed E-state index contributed by atoms with van der Waals surface area (Å²) < 4.78 is 3.02. The number of carbonyl (C=O) groups is 2. The summed E-state index contributed by atoms with van der Waals surface area (Å²) in [6, 6.07) is 8.74. The summed E-state index contributed by atoms with van der Waals surface area (Å²) in [5, 5.41) is 12.2. The molecule has 2 heterocycles. The molecule has 1 aromatic carbocycles. The molecule has 0 saturated heterocycles. The molecule has 33 heavy (non-hydrogen) atoms. The maximum Gasteiger partial charge on any atom is 0.326 e. The van der Waals surface area contributed by atoms with Gasteiger partial charge in [0.2, 0.25) is 0 Å². The van der Waals surface area contributed by atoms with E-state index < -0.39 is 17.9 Å². The molecule has 0 bridgehead atoms. The first kappa shape index (κ1) is 25.2. The van der Waals surface area contributed by atoms with Gasteiger partial charge in [0, 0.05) is 22.9 Å². The van der Waals surface area contributed by atoms with Crippen LogP contribution in [0.25, 0.3) is 11.0 Å². The van der Waals surface area contributed by atoms with Gasteiger partial charge in [-0.15, -0.1) is 11.3 Å². The van der Waals surface area contributed by atoms with E-state index in [-0.39, 0.29) is 5.92 Å². The van der Waals surface area contributed by atoms with E-state index in [9.17, 15) is 14.7 Å². The van der Waals surface area contributed by atoms with Gasteiger partial charge in [-0.2, -0.15) is 0 Å². The summed E-state index contributed by atoms with van der Waals surface area (Å²) in [5.41, 5.74) is 2.13. The molecule has 0 fully saturated rings. The van der Waals surface area contributed by atoms with Crippen LogP contribution in [0.4, 0.5) is 0 Å². The third-order valence-corrected chi connectivity index (χ3v) is 7.46. The number of carboxylic acids is 1. The van der Waals surface area contributed by atoms with Crippen molar-refractivity contribution in [3.63, 3.8) is 0 Å². The Labute approximate surface area is 204 Å². The van der Waals surface area contributed by atoms with E-state index in [4.69, 9.17) is 16.6 Å². The standard InChI is InChI=1S/C25H32ClN3O3S/c1-5-15(4)12-20(25(31)32)28-24(30)16-8-10-21-19(13-16)27-23(29(21)17(6-2)7-3)14-18-9-11-22(26)33-18/h8-11,13,15,17,20H,5-7,12,14H2,1-4H3,(H,28,30)(H,31,32). The van der Waals surface area contributed by atoms with Crippen LogP contribution in [0.1, 0.15) is 80.5 Å². The normalized spacial score (nSPS) is 13.4. The Hall–Kier alpha value is -2.38. The van der Waals surface area contributed by atoms with Crippen LogP contribution in [0.5, 0.6) is 0 Å². The number of hydrogen-bond donors (Lipinski definition) is 2. The summed E-state index contributed by atoms with van der Waals surface area (Å²) >= 11 is 7.67. The maximum absolute atomic E-state index is 12.9. The molecule has 0 aliphatic carbocycles. The van der Waals surface area contributed by atoms with Crippen molar-refractivity contribution in [2.45, 2.75) is 71.9 Å². The number of imidazole rings is 1. The van der Waals surface area contributed by atoms with Crippen molar-refractivity contribution in [1.29, 1.82) is 0 Å². The average molecular weight is 490 g/mol. The van der Waals surface area contributed by atoms with Gasteiger partial charge in [0.05, 0.1) is 15.4 Å². The van der Waals surface area contributed by atoms with Crippen LogP contribution in [0, 0.1) is 5.92 Å². The van der Waals surface area contributed by atoms with Gasteiger partial charge in [-0.25, -0.2) is 9.78 Å². The summed E-state index contributed by atoms with van der Waals surface area (Å²) in [6.07, 6.45) is 3.87. The van der Waals surface area contributed by atoms with E-state index in [0.717, 1.165) is 45.3 Å². The molecule has 3 rings (SSSR count). The van der Waals surface area contributed by atoms with E-state index in [0.29, 0.717) is 24.4 Å². The number of rotatable bonds is 11. The highest BCUT2D eigenvalue weighted by Gasteiger charge is 2.24. The van der Waals surface area contributed by atoms with Gasteiger partial charge >= 0.3 is 5.97 Å². The fourth-order valence-corrected chi connectivity index (χ4v) is 5.19. The number of thiophene rings is 1. The van der Waals surface area contributed by atoms with Crippen molar-refractivity contribution in [3.05, 3.63) is 50.9 Å². The first-order chi connectivity index (χ1) is 15.8. The number of fused-ring (bicyclic) bond motifs is 1. The van der Waals surface area contributed by atoms with Gasteiger partial charge in [-0.05, 0) is 55.5 Å². The van der Waals surface area contributed by atoms with Gasteiger partial charge in [-0.3, -0.25) is 4.79 Å². The van der Waals surface area contributed by atoms with Gasteiger partial charge in [0.1, 0.15) is 11.9 Å². The maximum atomic E-state index is 12.9. The van der Waals surface area contributed by atoms with Crippen LogP contribution >= 0.6 is 22.9 Å². The van der Waals surface area contributed by atoms with Gasteiger partial charge in [-0.1, -0.05) is 45.7 Å². The number of hydrogen-bond acceptors (Lipinski definition) is 4. The molecule has 0 radical (unpaired) electrons. The molecule has 1 amide bonds. The summed E-state index contributed by atoms with van der Waals surface area (Å²) in [5.74, 6) is -0.260. The topological polar surface area (TPSA) is 84.2 Å². The zero-order chi connectivity index (χ0) is 24.1. The minimum absolute atomic E-state index is 0.206.